The van der Waals surface area contributed by atoms with Crippen LogP contribution in [0, 0.1) is 13.8 Å². The molecule has 0 amide bonds. The molecule has 0 aliphatic heterocycles. The van der Waals surface area contributed by atoms with Crippen LogP contribution in [-0.2, 0) is 0 Å². The Kier molecular flexibility index (Phi) is 4.68. The molecule has 0 N–H and O–H groups in total. The third kappa shape index (κ3) is 3.40. The summed E-state index contributed by atoms with van der Waals surface area (Å²) < 4.78 is 2.22. The van der Waals surface area contributed by atoms with E-state index in [-0.39, 0.29) is 0 Å². The zero-order valence-corrected chi connectivity index (χ0v) is 14.3. The molecule has 0 spiro atoms. The van der Waals surface area contributed by atoms with E-state index < -0.39 is 0 Å². The van der Waals surface area contributed by atoms with Gasteiger partial charge < -0.3 is 0 Å². The van der Waals surface area contributed by atoms with Gasteiger partial charge in [0.2, 0.25) is 0 Å². The largest absolute Gasteiger partial charge is 0.287 e. The van der Waals surface area contributed by atoms with Crippen molar-refractivity contribution in [2.75, 3.05) is 5.75 Å². The predicted molar refractivity (Wildman–Crippen MR) is 99.4 cm³/mol. The lowest BCUT2D eigenvalue weighted by molar-refractivity contribution is 0.901. The molecular weight excluding hydrogens is 300 g/mol. The molecule has 0 fully saturated rings. The Morgan fingerprint density at radius 1 is 1.00 bits per heavy atom. The summed E-state index contributed by atoms with van der Waals surface area (Å²) in [4.78, 5) is 4.63. The second kappa shape index (κ2) is 6.88. The Hall–Kier alpha value is -2.26. The van der Waals surface area contributed by atoms with Crippen LogP contribution in [0.2, 0.25) is 0 Å². The Labute approximate surface area is 141 Å². The molecule has 2 nitrogen and oxygen atoms in total. The van der Waals surface area contributed by atoms with Gasteiger partial charge >= 0.3 is 0 Å². The average molecular weight is 320 g/mol. The SMILES string of the molecule is C=CCSc1ncc(-c2ccc(C)cc2)n1-c1ccc(C)cc1. The van der Waals surface area contributed by atoms with E-state index in [1.807, 2.05) is 12.3 Å². The predicted octanol–water partition coefficient (Wildman–Crippen LogP) is 5.43. The number of hydrogen-bond acceptors (Lipinski definition) is 2. The standard InChI is InChI=1S/C20H20N2S/c1-4-13-23-20-21-14-19(17-9-5-15(2)6-10-17)22(20)18-11-7-16(3)8-12-18/h4-12,14H,1,13H2,2-3H3. The van der Waals surface area contributed by atoms with Crippen LogP contribution in [0.1, 0.15) is 11.1 Å². The second-order valence-electron chi connectivity index (χ2n) is 5.56. The van der Waals surface area contributed by atoms with Gasteiger partial charge in [-0.3, -0.25) is 4.57 Å². The first kappa shape index (κ1) is 15.6. The summed E-state index contributed by atoms with van der Waals surface area (Å²) in [5.74, 6) is 0.843. The maximum absolute atomic E-state index is 4.63. The summed E-state index contributed by atoms with van der Waals surface area (Å²) in [7, 11) is 0. The van der Waals surface area contributed by atoms with Crippen molar-refractivity contribution in [1.82, 2.24) is 9.55 Å². The highest BCUT2D eigenvalue weighted by atomic mass is 32.2. The molecule has 116 valence electrons. The Bertz CT molecular complexity index is 799. The maximum Gasteiger partial charge on any atom is 0.173 e. The van der Waals surface area contributed by atoms with Crippen LogP contribution in [0.5, 0.6) is 0 Å². The minimum Gasteiger partial charge on any atom is -0.287 e. The van der Waals surface area contributed by atoms with Gasteiger partial charge in [0.15, 0.2) is 5.16 Å². The summed E-state index contributed by atoms with van der Waals surface area (Å²) in [6, 6.07) is 17.1. The molecule has 0 atom stereocenters. The van der Waals surface area contributed by atoms with E-state index in [0.717, 1.165) is 22.3 Å². The van der Waals surface area contributed by atoms with Crippen molar-refractivity contribution in [3.8, 4) is 16.9 Å². The molecule has 1 heterocycles. The van der Waals surface area contributed by atoms with Crippen LogP contribution in [0.15, 0.2) is 72.5 Å². The Morgan fingerprint density at radius 3 is 2.22 bits per heavy atom. The molecule has 23 heavy (non-hydrogen) atoms. The van der Waals surface area contributed by atoms with Gasteiger partial charge in [-0.1, -0.05) is 65.4 Å². The zero-order chi connectivity index (χ0) is 16.2. The van der Waals surface area contributed by atoms with E-state index in [9.17, 15) is 0 Å². The third-order valence-electron chi connectivity index (χ3n) is 3.70. The van der Waals surface area contributed by atoms with Crippen LogP contribution in [0.4, 0.5) is 0 Å². The third-order valence-corrected chi connectivity index (χ3v) is 4.65. The highest BCUT2D eigenvalue weighted by Crippen LogP contribution is 2.30. The highest BCUT2D eigenvalue weighted by molar-refractivity contribution is 7.99. The number of aromatic nitrogens is 2. The second-order valence-corrected chi connectivity index (χ2v) is 6.55. The average Bonchev–Trinajstić information content (AvgIpc) is 2.98. The lowest BCUT2D eigenvalue weighted by atomic mass is 10.1. The first-order chi connectivity index (χ1) is 11.2. The molecule has 0 radical (unpaired) electrons. The molecule has 2 aromatic carbocycles. The molecule has 0 bridgehead atoms. The van der Waals surface area contributed by atoms with E-state index in [2.05, 4.69) is 78.5 Å². The van der Waals surface area contributed by atoms with Crippen molar-refractivity contribution in [1.29, 1.82) is 0 Å². The number of aryl methyl sites for hydroxylation is 2. The lowest BCUT2D eigenvalue weighted by Gasteiger charge is -2.12. The van der Waals surface area contributed by atoms with Crippen molar-refractivity contribution >= 4 is 11.8 Å². The minimum absolute atomic E-state index is 0.843. The van der Waals surface area contributed by atoms with Gasteiger partial charge in [0.05, 0.1) is 11.9 Å². The van der Waals surface area contributed by atoms with E-state index >= 15 is 0 Å². The molecule has 0 aliphatic rings. The fourth-order valence-corrected chi connectivity index (χ4v) is 3.17. The van der Waals surface area contributed by atoms with Crippen molar-refractivity contribution in [2.45, 2.75) is 19.0 Å². The Morgan fingerprint density at radius 2 is 1.61 bits per heavy atom. The minimum atomic E-state index is 0.843. The van der Waals surface area contributed by atoms with E-state index in [1.165, 1.54) is 16.7 Å². The molecular formula is C20H20N2S. The normalized spacial score (nSPS) is 10.7. The van der Waals surface area contributed by atoms with Gasteiger partial charge in [-0.2, -0.15) is 0 Å². The van der Waals surface area contributed by atoms with Crippen LogP contribution in [0.3, 0.4) is 0 Å². The van der Waals surface area contributed by atoms with Gasteiger partial charge in [-0.05, 0) is 26.0 Å². The van der Waals surface area contributed by atoms with Crippen LogP contribution in [-0.4, -0.2) is 15.3 Å². The summed E-state index contributed by atoms with van der Waals surface area (Å²) in [5, 5.41) is 0.990. The van der Waals surface area contributed by atoms with Gasteiger partial charge in [-0.15, -0.1) is 6.58 Å². The molecule has 3 aromatic rings. The fraction of sp³-hybridized carbons (Fsp3) is 0.150. The summed E-state index contributed by atoms with van der Waals surface area (Å²) in [6.45, 7) is 8.01. The number of benzene rings is 2. The van der Waals surface area contributed by atoms with E-state index in [0.29, 0.717) is 0 Å². The first-order valence-electron chi connectivity index (χ1n) is 7.64. The van der Waals surface area contributed by atoms with Crippen molar-refractivity contribution in [3.05, 3.63) is 78.5 Å². The molecule has 3 heteroatoms. The van der Waals surface area contributed by atoms with Gasteiger partial charge in [0, 0.05) is 17.0 Å². The Balaban J connectivity index is 2.12. The molecule has 1 aromatic heterocycles. The molecule has 0 aliphatic carbocycles. The van der Waals surface area contributed by atoms with Crippen molar-refractivity contribution in [2.24, 2.45) is 0 Å². The van der Waals surface area contributed by atoms with Crippen molar-refractivity contribution < 1.29 is 0 Å². The van der Waals surface area contributed by atoms with Crippen molar-refractivity contribution in [3.63, 3.8) is 0 Å². The number of thioether (sulfide) groups is 1. The molecule has 0 unspecified atom stereocenters. The number of rotatable bonds is 5. The lowest BCUT2D eigenvalue weighted by Crippen LogP contribution is -1.99. The molecule has 3 rings (SSSR count). The number of imidazole rings is 1. The monoisotopic (exact) mass is 320 g/mol. The highest BCUT2D eigenvalue weighted by Gasteiger charge is 2.13. The fourth-order valence-electron chi connectivity index (χ4n) is 2.44. The number of nitrogens with zero attached hydrogens (tertiary/aromatic N) is 2. The smallest absolute Gasteiger partial charge is 0.173 e. The molecule has 0 saturated carbocycles. The van der Waals surface area contributed by atoms with E-state index in [4.69, 9.17) is 0 Å². The quantitative estimate of drug-likeness (QED) is 0.460. The van der Waals surface area contributed by atoms with Gasteiger partial charge in [-0.25, -0.2) is 4.98 Å². The van der Waals surface area contributed by atoms with E-state index in [1.54, 1.807) is 11.8 Å². The van der Waals surface area contributed by atoms with Crippen LogP contribution in [0.25, 0.3) is 16.9 Å². The summed E-state index contributed by atoms with van der Waals surface area (Å²) >= 11 is 1.70. The zero-order valence-electron chi connectivity index (χ0n) is 13.5. The van der Waals surface area contributed by atoms with Crippen LogP contribution >= 0.6 is 11.8 Å². The van der Waals surface area contributed by atoms with Gasteiger partial charge in [0.25, 0.3) is 0 Å². The number of hydrogen-bond donors (Lipinski definition) is 0. The van der Waals surface area contributed by atoms with Gasteiger partial charge in [0.1, 0.15) is 0 Å². The maximum atomic E-state index is 4.63. The summed E-state index contributed by atoms with van der Waals surface area (Å²) in [5.41, 5.74) is 5.94. The summed E-state index contributed by atoms with van der Waals surface area (Å²) in [6.07, 6.45) is 3.86. The topological polar surface area (TPSA) is 17.8 Å². The molecule has 0 saturated heterocycles. The van der Waals surface area contributed by atoms with Crippen LogP contribution < -0.4 is 0 Å². The first-order valence-corrected chi connectivity index (χ1v) is 8.63.